The second-order valence-corrected chi connectivity index (χ2v) is 8.83. The van der Waals surface area contributed by atoms with Crippen molar-refractivity contribution >= 4 is 33.2 Å². The lowest BCUT2D eigenvalue weighted by molar-refractivity contribution is -0.115. The number of para-hydroxylation sites is 1. The van der Waals surface area contributed by atoms with Crippen molar-refractivity contribution in [2.24, 2.45) is 0 Å². The van der Waals surface area contributed by atoms with Gasteiger partial charge in [-0.3, -0.25) is 4.79 Å². The van der Waals surface area contributed by atoms with E-state index in [1.54, 1.807) is 12.1 Å². The Morgan fingerprint density at radius 1 is 1.08 bits per heavy atom. The maximum Gasteiger partial charge on any atom is 0.241 e. The van der Waals surface area contributed by atoms with Gasteiger partial charge in [-0.1, -0.05) is 56.6 Å². The standard InChI is InChI=1S/C18H21ClN2O3S/c1-18(2,3)15-9-4-5-10-16(15)21-17(22)12-20-25(23,24)14-8-6-7-13(19)11-14/h4-11,20H,12H2,1-3H3,(H,21,22). The zero-order valence-corrected chi connectivity index (χ0v) is 15.9. The molecule has 0 aliphatic rings. The highest BCUT2D eigenvalue weighted by molar-refractivity contribution is 7.89. The summed E-state index contributed by atoms with van der Waals surface area (Å²) in [5, 5.41) is 3.07. The van der Waals surface area contributed by atoms with Gasteiger partial charge >= 0.3 is 0 Å². The molecule has 0 saturated carbocycles. The molecule has 2 rings (SSSR count). The summed E-state index contributed by atoms with van der Waals surface area (Å²) >= 11 is 5.81. The molecule has 25 heavy (non-hydrogen) atoms. The van der Waals surface area contributed by atoms with Crippen molar-refractivity contribution in [1.29, 1.82) is 0 Å². The van der Waals surface area contributed by atoms with Crippen LogP contribution >= 0.6 is 11.6 Å². The van der Waals surface area contributed by atoms with Crippen LogP contribution in [0.15, 0.2) is 53.4 Å². The molecule has 0 fully saturated rings. The maximum atomic E-state index is 12.2. The number of nitrogens with one attached hydrogen (secondary N) is 2. The van der Waals surface area contributed by atoms with Crippen molar-refractivity contribution < 1.29 is 13.2 Å². The van der Waals surface area contributed by atoms with E-state index >= 15 is 0 Å². The van der Waals surface area contributed by atoms with Gasteiger partial charge < -0.3 is 5.32 Å². The van der Waals surface area contributed by atoms with Crippen LogP contribution in [0, 0.1) is 0 Å². The minimum atomic E-state index is -3.80. The van der Waals surface area contributed by atoms with Crippen LogP contribution in [0.2, 0.25) is 5.02 Å². The predicted molar refractivity (Wildman–Crippen MR) is 100 cm³/mol. The molecule has 0 radical (unpaired) electrons. The van der Waals surface area contributed by atoms with Gasteiger partial charge in [0.1, 0.15) is 0 Å². The summed E-state index contributed by atoms with van der Waals surface area (Å²) in [6.45, 7) is 5.76. The number of amides is 1. The number of halogens is 1. The monoisotopic (exact) mass is 380 g/mol. The summed E-state index contributed by atoms with van der Waals surface area (Å²) in [5.41, 5.74) is 1.49. The molecule has 5 nitrogen and oxygen atoms in total. The average Bonchev–Trinajstić information content (AvgIpc) is 2.52. The van der Waals surface area contributed by atoms with Crippen LogP contribution in [-0.2, 0) is 20.2 Å². The first kappa shape index (κ1) is 19.4. The molecule has 7 heteroatoms. The molecule has 0 saturated heterocycles. The number of hydrogen-bond donors (Lipinski definition) is 2. The Balaban J connectivity index is 2.07. The van der Waals surface area contributed by atoms with E-state index < -0.39 is 15.9 Å². The number of hydrogen-bond acceptors (Lipinski definition) is 3. The average molecular weight is 381 g/mol. The molecule has 0 aliphatic heterocycles. The van der Waals surface area contributed by atoms with Crippen LogP contribution in [0.4, 0.5) is 5.69 Å². The van der Waals surface area contributed by atoms with Gasteiger partial charge in [0.15, 0.2) is 0 Å². The Labute approximate surface area is 153 Å². The summed E-state index contributed by atoms with van der Waals surface area (Å²) in [6, 6.07) is 13.3. The highest BCUT2D eigenvalue weighted by Gasteiger charge is 2.20. The van der Waals surface area contributed by atoms with Crippen LogP contribution in [-0.4, -0.2) is 20.9 Å². The van der Waals surface area contributed by atoms with Gasteiger partial charge in [-0.15, -0.1) is 0 Å². The van der Waals surface area contributed by atoms with Crippen molar-refractivity contribution in [2.45, 2.75) is 31.1 Å². The van der Waals surface area contributed by atoms with Gasteiger partial charge in [0.2, 0.25) is 15.9 Å². The van der Waals surface area contributed by atoms with Crippen LogP contribution in [0.25, 0.3) is 0 Å². The largest absolute Gasteiger partial charge is 0.325 e. The third-order valence-corrected chi connectivity index (χ3v) is 5.17. The summed E-state index contributed by atoms with van der Waals surface area (Å²) in [6.07, 6.45) is 0. The lowest BCUT2D eigenvalue weighted by Gasteiger charge is -2.23. The molecular formula is C18H21ClN2O3S. The molecule has 0 heterocycles. The first-order valence-electron chi connectivity index (χ1n) is 7.74. The fourth-order valence-corrected chi connectivity index (χ4v) is 3.60. The molecule has 1 amide bonds. The summed E-state index contributed by atoms with van der Waals surface area (Å²) in [4.78, 5) is 12.2. The Morgan fingerprint density at radius 3 is 2.40 bits per heavy atom. The number of benzene rings is 2. The fraction of sp³-hybridized carbons (Fsp3) is 0.278. The van der Waals surface area contributed by atoms with E-state index in [-0.39, 0.29) is 16.9 Å². The quantitative estimate of drug-likeness (QED) is 0.832. The number of rotatable bonds is 5. The van der Waals surface area contributed by atoms with Crippen LogP contribution in [0.3, 0.4) is 0 Å². The molecule has 134 valence electrons. The van der Waals surface area contributed by atoms with E-state index in [1.807, 2.05) is 39.0 Å². The third kappa shape index (κ3) is 5.29. The van der Waals surface area contributed by atoms with Gasteiger partial charge in [-0.25, -0.2) is 13.1 Å². The number of carbonyl (C=O) groups excluding carboxylic acids is 1. The molecule has 0 atom stereocenters. The SMILES string of the molecule is CC(C)(C)c1ccccc1NC(=O)CNS(=O)(=O)c1cccc(Cl)c1. The van der Waals surface area contributed by atoms with Crippen LogP contribution in [0.1, 0.15) is 26.3 Å². The molecule has 0 spiro atoms. The fourth-order valence-electron chi connectivity index (χ4n) is 2.32. The van der Waals surface area contributed by atoms with Gasteiger partial charge in [-0.2, -0.15) is 0 Å². The normalized spacial score (nSPS) is 12.0. The Hall–Kier alpha value is -1.89. The Bertz CT molecular complexity index is 874. The van der Waals surface area contributed by atoms with E-state index in [1.165, 1.54) is 18.2 Å². The first-order chi connectivity index (χ1) is 11.6. The predicted octanol–water partition coefficient (Wildman–Crippen LogP) is 3.55. The maximum absolute atomic E-state index is 12.2. The highest BCUT2D eigenvalue weighted by Crippen LogP contribution is 2.29. The second-order valence-electron chi connectivity index (χ2n) is 6.63. The zero-order valence-electron chi connectivity index (χ0n) is 14.3. The van der Waals surface area contributed by atoms with Crippen molar-refractivity contribution in [2.75, 3.05) is 11.9 Å². The molecular weight excluding hydrogens is 360 g/mol. The number of sulfonamides is 1. The molecule has 0 unspecified atom stereocenters. The Kier molecular flexibility index (Phi) is 5.87. The van der Waals surface area contributed by atoms with E-state index in [0.29, 0.717) is 10.7 Å². The lowest BCUT2D eigenvalue weighted by Crippen LogP contribution is -2.33. The van der Waals surface area contributed by atoms with Crippen LogP contribution in [0.5, 0.6) is 0 Å². The molecule has 2 aromatic rings. The Morgan fingerprint density at radius 2 is 1.76 bits per heavy atom. The molecule has 2 N–H and O–H groups in total. The third-order valence-electron chi connectivity index (χ3n) is 3.54. The second kappa shape index (κ2) is 7.56. The van der Waals surface area contributed by atoms with Crippen molar-refractivity contribution in [3.63, 3.8) is 0 Å². The summed E-state index contributed by atoms with van der Waals surface area (Å²) in [7, 11) is -3.80. The van der Waals surface area contributed by atoms with Crippen molar-refractivity contribution in [3.8, 4) is 0 Å². The van der Waals surface area contributed by atoms with Gasteiger partial charge in [-0.05, 0) is 35.2 Å². The molecule has 2 aromatic carbocycles. The smallest absolute Gasteiger partial charge is 0.241 e. The summed E-state index contributed by atoms with van der Waals surface area (Å²) in [5.74, 6) is -0.442. The van der Waals surface area contributed by atoms with Crippen LogP contribution < -0.4 is 10.0 Å². The van der Waals surface area contributed by atoms with E-state index in [9.17, 15) is 13.2 Å². The summed E-state index contributed by atoms with van der Waals surface area (Å²) < 4.78 is 26.7. The lowest BCUT2D eigenvalue weighted by atomic mass is 9.86. The molecule has 0 bridgehead atoms. The minimum Gasteiger partial charge on any atom is -0.325 e. The number of carbonyl (C=O) groups is 1. The number of anilines is 1. The molecule has 0 aromatic heterocycles. The van der Waals surface area contributed by atoms with Gasteiger partial charge in [0.05, 0.1) is 11.4 Å². The van der Waals surface area contributed by atoms with E-state index in [4.69, 9.17) is 11.6 Å². The van der Waals surface area contributed by atoms with Crippen molar-refractivity contribution in [1.82, 2.24) is 4.72 Å². The minimum absolute atomic E-state index is 0.0166. The highest BCUT2D eigenvalue weighted by atomic mass is 35.5. The van der Waals surface area contributed by atoms with E-state index in [2.05, 4.69) is 10.0 Å². The topological polar surface area (TPSA) is 75.3 Å². The van der Waals surface area contributed by atoms with E-state index in [0.717, 1.165) is 5.56 Å². The van der Waals surface area contributed by atoms with Gasteiger partial charge in [0, 0.05) is 10.7 Å². The zero-order chi connectivity index (χ0) is 18.7. The van der Waals surface area contributed by atoms with Crippen molar-refractivity contribution in [3.05, 3.63) is 59.1 Å². The molecule has 0 aliphatic carbocycles. The van der Waals surface area contributed by atoms with Gasteiger partial charge in [0.25, 0.3) is 0 Å². The first-order valence-corrected chi connectivity index (χ1v) is 9.60.